The minimum atomic E-state index is -0.350. The third kappa shape index (κ3) is 2.84. The van der Waals surface area contributed by atoms with Gasteiger partial charge in [-0.25, -0.2) is 0 Å². The first kappa shape index (κ1) is 19.6. The molecule has 2 aliphatic heterocycles. The Hall–Kier alpha value is -3.32. The van der Waals surface area contributed by atoms with Crippen LogP contribution in [0.4, 0.5) is 0 Å². The molecule has 1 N–H and O–H groups in total. The molecule has 1 amide bonds. The number of fused-ring (bicyclic) bond motifs is 4. The van der Waals surface area contributed by atoms with Gasteiger partial charge in [0.25, 0.3) is 5.91 Å². The van der Waals surface area contributed by atoms with Crippen LogP contribution < -0.4 is 9.47 Å². The monoisotopic (exact) mass is 433 g/mol. The molecule has 1 saturated heterocycles. The highest BCUT2D eigenvalue weighted by Gasteiger charge is 2.50. The van der Waals surface area contributed by atoms with Gasteiger partial charge in [0.05, 0.1) is 20.3 Å². The van der Waals surface area contributed by atoms with Gasteiger partial charge in [-0.3, -0.25) is 9.69 Å². The van der Waals surface area contributed by atoms with Crippen molar-refractivity contribution in [2.75, 3.05) is 20.8 Å². The van der Waals surface area contributed by atoms with Crippen molar-refractivity contribution in [3.05, 3.63) is 71.9 Å². The lowest BCUT2D eigenvalue weighted by Gasteiger charge is -2.37. The average Bonchev–Trinajstić information content (AvgIpc) is 3.28. The van der Waals surface area contributed by atoms with Crippen molar-refractivity contribution in [3.63, 3.8) is 0 Å². The number of rotatable bonds is 5. The van der Waals surface area contributed by atoms with Gasteiger partial charge in [-0.1, -0.05) is 30.3 Å². The zero-order valence-electron chi connectivity index (χ0n) is 17.4. The molecule has 0 bridgehead atoms. The molecule has 0 saturated carbocycles. The van der Waals surface area contributed by atoms with Crippen LogP contribution in [-0.2, 0) is 11.2 Å². The molecule has 2 aliphatic rings. The molecule has 0 spiro atoms. The van der Waals surface area contributed by atoms with Crippen LogP contribution in [0.3, 0.4) is 0 Å². The molecule has 1 fully saturated rings. The zero-order chi connectivity index (χ0) is 21.7. The van der Waals surface area contributed by atoms with Gasteiger partial charge in [0.1, 0.15) is 6.04 Å². The molecule has 3 heterocycles. The van der Waals surface area contributed by atoms with Crippen molar-refractivity contribution >= 4 is 34.1 Å². The third-order valence-corrected chi connectivity index (χ3v) is 6.60. The van der Waals surface area contributed by atoms with Crippen molar-refractivity contribution in [2.24, 2.45) is 0 Å². The number of carbonyl (C=O) groups excluding carboxylic acids is 1. The Kier molecular flexibility index (Phi) is 4.70. The van der Waals surface area contributed by atoms with E-state index < -0.39 is 0 Å². The zero-order valence-corrected chi connectivity index (χ0v) is 18.2. The Labute approximate surface area is 186 Å². The molecule has 7 heteroatoms. The number of nitrogens with zero attached hydrogens (tertiary/aromatic N) is 2. The van der Waals surface area contributed by atoms with Crippen LogP contribution in [0.1, 0.15) is 22.9 Å². The van der Waals surface area contributed by atoms with E-state index in [4.69, 9.17) is 21.7 Å². The van der Waals surface area contributed by atoms with E-state index in [1.54, 1.807) is 25.2 Å². The van der Waals surface area contributed by atoms with E-state index in [0.717, 1.165) is 27.7 Å². The summed E-state index contributed by atoms with van der Waals surface area (Å²) in [5.74, 6) is 1.31. The van der Waals surface area contributed by atoms with E-state index in [-0.39, 0.29) is 18.0 Å². The van der Waals surface area contributed by atoms with E-state index in [1.165, 1.54) is 0 Å². The number of methoxy groups -OCH3 is 2. The van der Waals surface area contributed by atoms with Gasteiger partial charge in [0.2, 0.25) is 0 Å². The van der Waals surface area contributed by atoms with E-state index in [2.05, 4.69) is 28.6 Å². The number of hydrogen-bond acceptors (Lipinski definition) is 4. The molecule has 158 valence electrons. The van der Waals surface area contributed by atoms with Crippen LogP contribution in [0.2, 0.25) is 0 Å². The molecule has 0 radical (unpaired) electrons. The first-order valence-electron chi connectivity index (χ1n) is 10.1. The first-order chi connectivity index (χ1) is 15.1. The van der Waals surface area contributed by atoms with Gasteiger partial charge >= 0.3 is 0 Å². The highest BCUT2D eigenvalue weighted by molar-refractivity contribution is 7.80. The van der Waals surface area contributed by atoms with Gasteiger partial charge in [0, 0.05) is 29.6 Å². The molecule has 5 rings (SSSR count). The molecular weight excluding hydrogens is 410 g/mol. The predicted octanol–water partition coefficient (Wildman–Crippen LogP) is 3.81. The van der Waals surface area contributed by atoms with Crippen molar-refractivity contribution < 1.29 is 14.3 Å². The number of ether oxygens (including phenoxy) is 2. The normalized spacial score (nSPS) is 20.1. The van der Waals surface area contributed by atoms with Crippen LogP contribution in [0, 0.1) is 0 Å². The highest BCUT2D eigenvalue weighted by atomic mass is 32.1. The molecule has 3 aromatic rings. The summed E-state index contributed by atoms with van der Waals surface area (Å²) in [4.78, 5) is 20.6. The number of H-pyrrole nitrogens is 1. The summed E-state index contributed by atoms with van der Waals surface area (Å²) in [5.41, 5.74) is 4.25. The van der Waals surface area contributed by atoms with Crippen LogP contribution in [0.25, 0.3) is 10.9 Å². The lowest BCUT2D eigenvalue weighted by Crippen LogP contribution is -2.44. The molecule has 2 unspecified atom stereocenters. The van der Waals surface area contributed by atoms with E-state index in [0.29, 0.717) is 29.6 Å². The number of benzene rings is 2. The summed E-state index contributed by atoms with van der Waals surface area (Å²) < 4.78 is 11.0. The number of carbonyl (C=O) groups is 1. The minimum Gasteiger partial charge on any atom is -0.493 e. The number of thiocarbonyl (C=S) groups is 1. The maximum atomic E-state index is 13.3. The van der Waals surface area contributed by atoms with Gasteiger partial charge in [-0.05, 0) is 41.5 Å². The second-order valence-electron chi connectivity index (χ2n) is 7.73. The van der Waals surface area contributed by atoms with Crippen molar-refractivity contribution in [3.8, 4) is 11.5 Å². The SMILES string of the molecule is C=CCN1C(=O)C2Cc3c([nH]c4ccccc34)C(c3ccc(OC)c(OC)c3)N2C1=S. The third-order valence-electron chi connectivity index (χ3n) is 6.17. The second kappa shape index (κ2) is 7.42. The number of nitrogens with one attached hydrogen (secondary N) is 1. The molecule has 31 heavy (non-hydrogen) atoms. The fourth-order valence-corrected chi connectivity index (χ4v) is 5.19. The summed E-state index contributed by atoms with van der Waals surface area (Å²) >= 11 is 5.79. The van der Waals surface area contributed by atoms with Gasteiger partial charge in [-0.15, -0.1) is 6.58 Å². The van der Waals surface area contributed by atoms with Gasteiger partial charge in [-0.2, -0.15) is 0 Å². The summed E-state index contributed by atoms with van der Waals surface area (Å²) in [7, 11) is 3.24. The maximum absolute atomic E-state index is 13.3. The summed E-state index contributed by atoms with van der Waals surface area (Å²) in [6, 6.07) is 13.5. The van der Waals surface area contributed by atoms with E-state index in [1.807, 2.05) is 30.3 Å². The van der Waals surface area contributed by atoms with Crippen LogP contribution in [-0.4, -0.2) is 52.6 Å². The molecule has 2 atom stereocenters. The van der Waals surface area contributed by atoms with Crippen LogP contribution in [0.15, 0.2) is 55.1 Å². The quantitative estimate of drug-likeness (QED) is 0.490. The Balaban J connectivity index is 1.73. The molecule has 2 aromatic carbocycles. The molecular formula is C24H23N3O3S. The Morgan fingerprint density at radius 3 is 2.71 bits per heavy atom. The minimum absolute atomic E-state index is 0.0197. The van der Waals surface area contributed by atoms with E-state index >= 15 is 0 Å². The van der Waals surface area contributed by atoms with Crippen molar-refractivity contribution in [1.29, 1.82) is 0 Å². The Morgan fingerprint density at radius 2 is 1.97 bits per heavy atom. The van der Waals surface area contributed by atoms with Crippen LogP contribution >= 0.6 is 12.2 Å². The summed E-state index contributed by atoms with van der Waals surface area (Å²) in [5, 5.41) is 1.67. The number of amides is 1. The van der Waals surface area contributed by atoms with Crippen LogP contribution in [0.5, 0.6) is 11.5 Å². The standard InChI is InChI=1S/C24H23N3O3S/c1-4-11-26-23(28)18-13-16-15-7-5-6-8-17(15)25-21(16)22(27(18)24(26)31)14-9-10-19(29-2)20(12-14)30-3/h4-10,12,18,22,25H,1,11,13H2,2-3H3. The Bertz CT molecular complexity index is 1220. The van der Waals surface area contributed by atoms with Crippen molar-refractivity contribution in [2.45, 2.75) is 18.5 Å². The number of aromatic amines is 1. The Morgan fingerprint density at radius 1 is 1.19 bits per heavy atom. The number of aromatic nitrogens is 1. The molecule has 1 aromatic heterocycles. The average molecular weight is 434 g/mol. The van der Waals surface area contributed by atoms with Gasteiger partial charge < -0.3 is 19.4 Å². The smallest absolute Gasteiger partial charge is 0.252 e. The molecule has 0 aliphatic carbocycles. The summed E-state index contributed by atoms with van der Waals surface area (Å²) in [6.45, 7) is 4.19. The number of hydrogen-bond donors (Lipinski definition) is 1. The fraction of sp³-hybridized carbons (Fsp3) is 0.250. The number of para-hydroxylation sites is 1. The summed E-state index contributed by atoms with van der Waals surface area (Å²) in [6.07, 6.45) is 2.32. The topological polar surface area (TPSA) is 57.8 Å². The maximum Gasteiger partial charge on any atom is 0.252 e. The molecule has 6 nitrogen and oxygen atoms in total. The largest absolute Gasteiger partial charge is 0.493 e. The predicted molar refractivity (Wildman–Crippen MR) is 124 cm³/mol. The highest BCUT2D eigenvalue weighted by Crippen LogP contribution is 2.45. The lowest BCUT2D eigenvalue weighted by molar-refractivity contribution is -0.128. The van der Waals surface area contributed by atoms with E-state index in [9.17, 15) is 4.79 Å². The lowest BCUT2D eigenvalue weighted by atomic mass is 9.89. The van der Waals surface area contributed by atoms with Gasteiger partial charge in [0.15, 0.2) is 16.6 Å². The van der Waals surface area contributed by atoms with Crippen molar-refractivity contribution in [1.82, 2.24) is 14.8 Å². The first-order valence-corrected chi connectivity index (χ1v) is 10.6. The fourth-order valence-electron chi connectivity index (χ4n) is 4.80. The second-order valence-corrected chi connectivity index (χ2v) is 8.09.